The van der Waals surface area contributed by atoms with Crippen LogP contribution in [0.4, 0.5) is 0 Å². The van der Waals surface area contributed by atoms with E-state index < -0.39 is 6.04 Å². The Labute approximate surface area is 174 Å². The van der Waals surface area contributed by atoms with E-state index in [1.54, 1.807) is 11.8 Å². The van der Waals surface area contributed by atoms with Gasteiger partial charge in [-0.25, -0.2) is 0 Å². The number of likely N-dealkylation sites (N-methyl/N-ethyl adjacent to an activating group) is 1. The summed E-state index contributed by atoms with van der Waals surface area (Å²) in [4.78, 5) is 42.9. The molecule has 3 fully saturated rings. The number of hydrogen-bond donors (Lipinski definition) is 0. The average Bonchev–Trinajstić information content (AvgIpc) is 2.93. The molecule has 0 aromatic carbocycles. The first kappa shape index (κ1) is 21.7. The molecule has 0 N–H and O–H groups in total. The van der Waals surface area contributed by atoms with Gasteiger partial charge in [0.2, 0.25) is 17.7 Å². The number of fused-ring (bicyclic) bond motifs is 1. The number of carbonyl (C=O) groups is 3. The first-order valence-electron chi connectivity index (χ1n) is 11.2. The summed E-state index contributed by atoms with van der Waals surface area (Å²) in [6, 6.07) is -0.381. The van der Waals surface area contributed by atoms with Crippen LogP contribution in [0.5, 0.6) is 0 Å². The lowest BCUT2D eigenvalue weighted by Crippen LogP contribution is -2.53. The number of thioether (sulfide) groups is 1. The zero-order valence-corrected chi connectivity index (χ0v) is 18.3. The largest absolute Gasteiger partial charge is 0.341 e. The van der Waals surface area contributed by atoms with Crippen molar-refractivity contribution in [3.63, 3.8) is 0 Å². The van der Waals surface area contributed by atoms with Crippen molar-refractivity contribution >= 4 is 29.5 Å². The summed E-state index contributed by atoms with van der Waals surface area (Å²) in [6.07, 6.45) is 14.3. The molecule has 3 aliphatic rings. The molecule has 5 nitrogen and oxygen atoms in total. The standard InChI is InChI=1S/C22H36N2O3S/c1-23(16-10-6-4-3-5-7-11-16)22(27)19(14-15-28-2)24-20(25)17-12-8-9-13-18(17)21(24)26/h16-19H,3-15H2,1-2H3. The summed E-state index contributed by atoms with van der Waals surface area (Å²) in [5.41, 5.74) is 0. The molecule has 1 heterocycles. The number of nitrogens with zero attached hydrogens (tertiary/aromatic N) is 2. The van der Waals surface area contributed by atoms with Crippen molar-refractivity contribution in [3.05, 3.63) is 0 Å². The molecule has 1 saturated heterocycles. The van der Waals surface area contributed by atoms with E-state index in [0.29, 0.717) is 6.42 Å². The predicted molar refractivity (Wildman–Crippen MR) is 113 cm³/mol. The number of rotatable bonds is 6. The van der Waals surface area contributed by atoms with Crippen LogP contribution < -0.4 is 0 Å². The van der Waals surface area contributed by atoms with Crippen LogP contribution >= 0.6 is 11.8 Å². The molecule has 6 heteroatoms. The highest BCUT2D eigenvalue weighted by Gasteiger charge is 2.52. The van der Waals surface area contributed by atoms with Crippen LogP contribution in [0.1, 0.15) is 77.0 Å². The Balaban J connectivity index is 1.77. The smallest absolute Gasteiger partial charge is 0.245 e. The lowest BCUT2D eigenvalue weighted by atomic mass is 9.81. The van der Waals surface area contributed by atoms with E-state index in [2.05, 4.69) is 0 Å². The predicted octanol–water partition coefficient (Wildman–Crippen LogP) is 3.85. The van der Waals surface area contributed by atoms with E-state index in [4.69, 9.17) is 0 Å². The second-order valence-corrected chi connectivity index (χ2v) is 9.77. The molecule has 0 aromatic heterocycles. The van der Waals surface area contributed by atoms with Crippen LogP contribution in [0.25, 0.3) is 0 Å². The SMILES string of the molecule is CSCCC(C(=O)N(C)C1CCCCCCC1)N1C(=O)C2CCCCC2C1=O. The molecule has 158 valence electrons. The fourth-order valence-electron chi connectivity index (χ4n) is 5.32. The first-order chi connectivity index (χ1) is 13.6. The molecule has 3 rings (SSSR count). The van der Waals surface area contributed by atoms with Crippen LogP contribution in [-0.4, -0.2) is 58.7 Å². The van der Waals surface area contributed by atoms with Crippen molar-refractivity contribution in [2.24, 2.45) is 11.8 Å². The zero-order valence-electron chi connectivity index (χ0n) is 17.5. The van der Waals surface area contributed by atoms with Gasteiger partial charge in [-0.15, -0.1) is 0 Å². The van der Waals surface area contributed by atoms with Crippen LogP contribution in [0, 0.1) is 11.8 Å². The molecule has 2 aliphatic carbocycles. The highest BCUT2D eigenvalue weighted by molar-refractivity contribution is 7.98. The zero-order chi connectivity index (χ0) is 20.1. The Morgan fingerprint density at radius 2 is 1.46 bits per heavy atom. The van der Waals surface area contributed by atoms with Gasteiger partial charge in [-0.2, -0.15) is 11.8 Å². The lowest BCUT2D eigenvalue weighted by molar-refractivity contribution is -0.152. The Morgan fingerprint density at radius 1 is 0.964 bits per heavy atom. The normalized spacial score (nSPS) is 27.9. The van der Waals surface area contributed by atoms with E-state index in [9.17, 15) is 14.4 Å². The molecule has 0 spiro atoms. The Morgan fingerprint density at radius 3 is 2.00 bits per heavy atom. The fraction of sp³-hybridized carbons (Fsp3) is 0.864. The summed E-state index contributed by atoms with van der Waals surface area (Å²) >= 11 is 1.67. The minimum atomic E-state index is -0.617. The fourth-order valence-corrected chi connectivity index (χ4v) is 5.78. The van der Waals surface area contributed by atoms with Crippen LogP contribution in [-0.2, 0) is 14.4 Å². The van der Waals surface area contributed by atoms with Crippen molar-refractivity contribution in [1.29, 1.82) is 0 Å². The lowest BCUT2D eigenvalue weighted by Gasteiger charge is -2.35. The summed E-state index contributed by atoms with van der Waals surface area (Å²) in [5, 5.41) is 0. The average molecular weight is 409 g/mol. The molecule has 0 bridgehead atoms. The second kappa shape index (κ2) is 10.1. The summed E-state index contributed by atoms with van der Waals surface area (Å²) < 4.78 is 0. The molecule has 3 atom stereocenters. The van der Waals surface area contributed by atoms with Gasteiger partial charge in [0.25, 0.3) is 0 Å². The molecule has 0 radical (unpaired) electrons. The molecule has 28 heavy (non-hydrogen) atoms. The number of carbonyl (C=O) groups excluding carboxylic acids is 3. The summed E-state index contributed by atoms with van der Waals surface area (Å²) in [5.74, 6) is 0.219. The topological polar surface area (TPSA) is 57.7 Å². The van der Waals surface area contributed by atoms with Crippen LogP contribution in [0.2, 0.25) is 0 Å². The monoisotopic (exact) mass is 408 g/mol. The molecule has 3 unspecified atom stereocenters. The third kappa shape index (κ3) is 4.58. The van der Waals surface area contributed by atoms with Gasteiger partial charge in [-0.1, -0.05) is 44.9 Å². The van der Waals surface area contributed by atoms with Crippen molar-refractivity contribution in [3.8, 4) is 0 Å². The second-order valence-electron chi connectivity index (χ2n) is 8.79. The van der Waals surface area contributed by atoms with Gasteiger partial charge in [-0.3, -0.25) is 19.3 Å². The Kier molecular flexibility index (Phi) is 7.84. The van der Waals surface area contributed by atoms with Gasteiger partial charge in [-0.05, 0) is 44.1 Å². The number of hydrogen-bond acceptors (Lipinski definition) is 4. The summed E-state index contributed by atoms with van der Waals surface area (Å²) in [6.45, 7) is 0. The first-order valence-corrected chi connectivity index (χ1v) is 12.6. The highest BCUT2D eigenvalue weighted by Crippen LogP contribution is 2.39. The van der Waals surface area contributed by atoms with E-state index >= 15 is 0 Å². The van der Waals surface area contributed by atoms with Gasteiger partial charge in [0.15, 0.2) is 0 Å². The van der Waals surface area contributed by atoms with Crippen molar-refractivity contribution in [2.75, 3.05) is 19.1 Å². The minimum absolute atomic E-state index is 0.0278. The third-order valence-electron chi connectivity index (χ3n) is 7.04. The minimum Gasteiger partial charge on any atom is -0.341 e. The van der Waals surface area contributed by atoms with Gasteiger partial charge in [0, 0.05) is 13.1 Å². The summed E-state index contributed by atoms with van der Waals surface area (Å²) in [7, 11) is 1.89. The van der Waals surface area contributed by atoms with Crippen molar-refractivity contribution < 1.29 is 14.4 Å². The number of amides is 3. The molecular formula is C22H36N2O3S. The number of likely N-dealkylation sites (tertiary alicyclic amines) is 1. The Hall–Kier alpha value is -1.04. The van der Waals surface area contributed by atoms with Gasteiger partial charge in [0.1, 0.15) is 6.04 Å². The third-order valence-corrected chi connectivity index (χ3v) is 7.68. The van der Waals surface area contributed by atoms with E-state index in [-0.39, 0.29) is 35.6 Å². The van der Waals surface area contributed by atoms with Crippen LogP contribution in [0.3, 0.4) is 0 Å². The van der Waals surface area contributed by atoms with Crippen LogP contribution in [0.15, 0.2) is 0 Å². The van der Waals surface area contributed by atoms with Gasteiger partial charge < -0.3 is 4.90 Å². The van der Waals surface area contributed by atoms with E-state index in [1.165, 1.54) is 24.2 Å². The maximum atomic E-state index is 13.5. The molecule has 1 aliphatic heterocycles. The molecule has 3 amide bonds. The Bertz CT molecular complexity index is 550. The molecular weight excluding hydrogens is 372 g/mol. The molecule has 0 aromatic rings. The highest BCUT2D eigenvalue weighted by atomic mass is 32.2. The van der Waals surface area contributed by atoms with Gasteiger partial charge >= 0.3 is 0 Å². The maximum absolute atomic E-state index is 13.5. The van der Waals surface area contributed by atoms with Gasteiger partial charge in [0.05, 0.1) is 11.8 Å². The quantitative estimate of drug-likeness (QED) is 0.626. The van der Waals surface area contributed by atoms with E-state index in [0.717, 1.165) is 57.1 Å². The van der Waals surface area contributed by atoms with Crippen molar-refractivity contribution in [2.45, 2.75) is 89.1 Å². The maximum Gasteiger partial charge on any atom is 0.245 e. The van der Waals surface area contributed by atoms with Crippen molar-refractivity contribution in [1.82, 2.24) is 9.80 Å². The molecule has 2 saturated carbocycles. The van der Waals surface area contributed by atoms with E-state index in [1.807, 2.05) is 18.2 Å². The number of imide groups is 1.